The molecule has 1 rings (SSSR count). The third-order valence-electron chi connectivity index (χ3n) is 3.80. The molecule has 20 heavy (non-hydrogen) atoms. The number of hydrogen-bond donors (Lipinski definition) is 1. The standard InChI is InChI=1S/C18H29FO/c1-2-3-4-5-6-7-8-9-13-17(20)15-16-12-10-11-14-18(16)19/h10-12,14,17,20H,2-9,13,15H2,1H3. The lowest BCUT2D eigenvalue weighted by molar-refractivity contribution is 0.159. The molecule has 0 amide bonds. The molecule has 0 saturated heterocycles. The molecule has 0 radical (unpaired) electrons. The molecule has 0 aliphatic heterocycles. The van der Waals surface area contributed by atoms with Gasteiger partial charge in [-0.1, -0.05) is 76.5 Å². The molecule has 0 aromatic heterocycles. The van der Waals surface area contributed by atoms with Crippen LogP contribution in [0, 0.1) is 5.82 Å². The number of aliphatic hydroxyl groups excluding tert-OH is 1. The van der Waals surface area contributed by atoms with Crippen molar-refractivity contribution >= 4 is 0 Å². The Kier molecular flexibility index (Phi) is 9.31. The van der Waals surface area contributed by atoms with E-state index < -0.39 is 6.10 Å². The zero-order valence-electron chi connectivity index (χ0n) is 12.8. The van der Waals surface area contributed by atoms with E-state index in [-0.39, 0.29) is 5.82 Å². The van der Waals surface area contributed by atoms with E-state index in [9.17, 15) is 9.50 Å². The Morgan fingerprint density at radius 1 is 0.950 bits per heavy atom. The van der Waals surface area contributed by atoms with Crippen molar-refractivity contribution in [2.24, 2.45) is 0 Å². The van der Waals surface area contributed by atoms with Crippen LogP contribution in [0.15, 0.2) is 24.3 Å². The van der Waals surface area contributed by atoms with Crippen LogP contribution >= 0.6 is 0 Å². The molecule has 1 N–H and O–H groups in total. The summed E-state index contributed by atoms with van der Waals surface area (Å²) in [5.74, 6) is -0.206. The highest BCUT2D eigenvalue weighted by Gasteiger charge is 2.08. The summed E-state index contributed by atoms with van der Waals surface area (Å²) >= 11 is 0. The highest BCUT2D eigenvalue weighted by molar-refractivity contribution is 5.17. The Labute approximate surface area is 123 Å². The lowest BCUT2D eigenvalue weighted by atomic mass is 10.0. The van der Waals surface area contributed by atoms with Crippen molar-refractivity contribution in [1.82, 2.24) is 0 Å². The van der Waals surface area contributed by atoms with Crippen LogP contribution in [0.1, 0.15) is 70.3 Å². The third kappa shape index (κ3) is 7.64. The zero-order valence-corrected chi connectivity index (χ0v) is 12.8. The maximum absolute atomic E-state index is 13.4. The van der Waals surface area contributed by atoms with Gasteiger partial charge in [0.25, 0.3) is 0 Å². The average Bonchev–Trinajstić information content (AvgIpc) is 2.44. The van der Waals surface area contributed by atoms with E-state index in [1.807, 2.05) is 6.07 Å². The fourth-order valence-electron chi connectivity index (χ4n) is 2.53. The van der Waals surface area contributed by atoms with Gasteiger partial charge in [-0.25, -0.2) is 4.39 Å². The van der Waals surface area contributed by atoms with Gasteiger partial charge in [0.1, 0.15) is 5.82 Å². The van der Waals surface area contributed by atoms with E-state index in [4.69, 9.17) is 0 Å². The fourth-order valence-corrected chi connectivity index (χ4v) is 2.53. The van der Waals surface area contributed by atoms with Crippen LogP contribution in [0.3, 0.4) is 0 Å². The molecule has 0 aliphatic rings. The maximum Gasteiger partial charge on any atom is 0.126 e. The lowest BCUT2D eigenvalue weighted by Gasteiger charge is -2.11. The van der Waals surface area contributed by atoms with Gasteiger partial charge >= 0.3 is 0 Å². The van der Waals surface area contributed by atoms with Crippen molar-refractivity contribution in [2.75, 3.05) is 0 Å². The monoisotopic (exact) mass is 280 g/mol. The highest BCUT2D eigenvalue weighted by Crippen LogP contribution is 2.14. The van der Waals surface area contributed by atoms with Crippen LogP contribution in [0.4, 0.5) is 4.39 Å². The predicted molar refractivity (Wildman–Crippen MR) is 83.3 cm³/mol. The van der Waals surface area contributed by atoms with Gasteiger partial charge in [-0.15, -0.1) is 0 Å². The Hall–Kier alpha value is -0.890. The molecule has 0 heterocycles. The number of rotatable bonds is 11. The van der Waals surface area contributed by atoms with E-state index in [1.54, 1.807) is 12.1 Å². The van der Waals surface area contributed by atoms with Gasteiger partial charge in [0.2, 0.25) is 0 Å². The van der Waals surface area contributed by atoms with E-state index in [1.165, 1.54) is 51.0 Å². The number of aliphatic hydroxyl groups is 1. The molecule has 1 unspecified atom stereocenters. The molecular formula is C18H29FO. The lowest BCUT2D eigenvalue weighted by Crippen LogP contribution is -2.11. The van der Waals surface area contributed by atoms with E-state index >= 15 is 0 Å². The van der Waals surface area contributed by atoms with Crippen molar-refractivity contribution in [3.63, 3.8) is 0 Å². The summed E-state index contributed by atoms with van der Waals surface area (Å²) in [4.78, 5) is 0. The summed E-state index contributed by atoms with van der Waals surface area (Å²) in [6.45, 7) is 2.23. The summed E-state index contributed by atoms with van der Waals surface area (Å²) in [5.41, 5.74) is 0.625. The molecule has 0 spiro atoms. The molecule has 0 aliphatic carbocycles. The van der Waals surface area contributed by atoms with Gasteiger partial charge in [0.15, 0.2) is 0 Å². The van der Waals surface area contributed by atoms with Crippen LogP contribution in [-0.2, 0) is 6.42 Å². The zero-order chi connectivity index (χ0) is 14.6. The third-order valence-corrected chi connectivity index (χ3v) is 3.80. The van der Waals surface area contributed by atoms with Gasteiger partial charge in [-0.05, 0) is 18.1 Å². The van der Waals surface area contributed by atoms with Gasteiger partial charge in [0, 0.05) is 6.42 Å². The van der Waals surface area contributed by atoms with Crippen LogP contribution in [-0.4, -0.2) is 11.2 Å². The van der Waals surface area contributed by atoms with Crippen molar-refractivity contribution in [1.29, 1.82) is 0 Å². The Morgan fingerprint density at radius 3 is 2.20 bits per heavy atom. The summed E-state index contributed by atoms with van der Waals surface area (Å²) in [6.07, 6.45) is 10.9. The molecule has 114 valence electrons. The van der Waals surface area contributed by atoms with Gasteiger partial charge in [-0.2, -0.15) is 0 Å². The van der Waals surface area contributed by atoms with E-state index in [0.29, 0.717) is 12.0 Å². The van der Waals surface area contributed by atoms with Crippen LogP contribution in [0.5, 0.6) is 0 Å². The first-order chi connectivity index (χ1) is 9.74. The van der Waals surface area contributed by atoms with Gasteiger partial charge < -0.3 is 5.11 Å². The predicted octanol–water partition coefficient (Wildman–Crippen LogP) is 5.26. The maximum atomic E-state index is 13.4. The molecule has 0 bridgehead atoms. The number of hydrogen-bond acceptors (Lipinski definition) is 1. The van der Waals surface area contributed by atoms with Gasteiger partial charge in [0.05, 0.1) is 6.10 Å². The molecule has 1 nitrogen and oxygen atoms in total. The molecule has 1 aromatic carbocycles. The number of halogens is 1. The molecular weight excluding hydrogens is 251 g/mol. The van der Waals surface area contributed by atoms with Gasteiger partial charge in [-0.3, -0.25) is 0 Å². The summed E-state index contributed by atoms with van der Waals surface area (Å²) in [7, 11) is 0. The second-order valence-corrected chi connectivity index (χ2v) is 5.71. The second kappa shape index (κ2) is 10.8. The Bertz CT molecular complexity index is 351. The molecule has 0 saturated carbocycles. The normalized spacial score (nSPS) is 12.6. The fraction of sp³-hybridized carbons (Fsp3) is 0.667. The SMILES string of the molecule is CCCCCCCCCCC(O)Cc1ccccc1F. The minimum Gasteiger partial charge on any atom is -0.393 e. The molecule has 1 atom stereocenters. The van der Waals surface area contributed by atoms with Crippen LogP contribution in [0.2, 0.25) is 0 Å². The van der Waals surface area contributed by atoms with Crippen molar-refractivity contribution < 1.29 is 9.50 Å². The summed E-state index contributed by atoms with van der Waals surface area (Å²) < 4.78 is 13.4. The van der Waals surface area contributed by atoms with Crippen LogP contribution in [0.25, 0.3) is 0 Å². The van der Waals surface area contributed by atoms with Crippen molar-refractivity contribution in [3.05, 3.63) is 35.6 Å². The smallest absolute Gasteiger partial charge is 0.126 e. The van der Waals surface area contributed by atoms with Crippen molar-refractivity contribution in [3.8, 4) is 0 Å². The first kappa shape index (κ1) is 17.2. The number of unbranched alkanes of at least 4 members (excludes halogenated alkanes) is 7. The van der Waals surface area contributed by atoms with E-state index in [0.717, 1.165) is 12.8 Å². The Morgan fingerprint density at radius 2 is 1.55 bits per heavy atom. The summed E-state index contributed by atoms with van der Waals surface area (Å²) in [5, 5.41) is 9.93. The topological polar surface area (TPSA) is 20.2 Å². The number of benzene rings is 1. The minimum atomic E-state index is -0.410. The largest absolute Gasteiger partial charge is 0.393 e. The van der Waals surface area contributed by atoms with Crippen molar-refractivity contribution in [2.45, 2.75) is 77.2 Å². The first-order valence-corrected chi connectivity index (χ1v) is 8.15. The Balaban J connectivity index is 2.03. The highest BCUT2D eigenvalue weighted by atomic mass is 19.1. The quantitative estimate of drug-likeness (QED) is 0.548. The average molecular weight is 280 g/mol. The second-order valence-electron chi connectivity index (χ2n) is 5.71. The molecule has 0 fully saturated rings. The van der Waals surface area contributed by atoms with Crippen LogP contribution < -0.4 is 0 Å². The van der Waals surface area contributed by atoms with E-state index in [2.05, 4.69) is 6.92 Å². The molecule has 1 aromatic rings. The summed E-state index contributed by atoms with van der Waals surface area (Å²) in [6, 6.07) is 6.72. The first-order valence-electron chi connectivity index (χ1n) is 8.15. The minimum absolute atomic E-state index is 0.206. The molecule has 2 heteroatoms.